The molecule has 3 amide bonds. The highest BCUT2D eigenvalue weighted by Crippen LogP contribution is 2.22. The molecule has 22 heavy (non-hydrogen) atoms. The van der Waals surface area contributed by atoms with Crippen LogP contribution in [0.3, 0.4) is 0 Å². The van der Waals surface area contributed by atoms with E-state index < -0.39 is 27.6 Å². The van der Waals surface area contributed by atoms with Gasteiger partial charge in [0, 0.05) is 25.8 Å². The summed E-state index contributed by atoms with van der Waals surface area (Å²) < 4.78 is 21.9. The highest BCUT2D eigenvalue weighted by molar-refractivity contribution is 7.90. The van der Waals surface area contributed by atoms with Gasteiger partial charge in [0.25, 0.3) is 11.8 Å². The second kappa shape index (κ2) is 6.27. The Bertz CT molecular complexity index is 692. The third-order valence-electron chi connectivity index (χ3n) is 3.24. The molecular formula is C14H16N2O5S. The number of carbonyl (C=O) groups excluding carboxylic acids is 3. The van der Waals surface area contributed by atoms with Crippen LogP contribution in [0.4, 0.5) is 0 Å². The Balaban J connectivity index is 1.87. The van der Waals surface area contributed by atoms with Gasteiger partial charge in [0.1, 0.15) is 9.84 Å². The summed E-state index contributed by atoms with van der Waals surface area (Å²) in [6.07, 6.45) is 1.02. The first-order chi connectivity index (χ1) is 10.3. The first kappa shape index (κ1) is 16.2. The van der Waals surface area contributed by atoms with Crippen LogP contribution in [0, 0.1) is 0 Å². The lowest BCUT2D eigenvalue weighted by Gasteiger charge is -2.13. The minimum absolute atomic E-state index is 0.0137. The van der Waals surface area contributed by atoms with Gasteiger partial charge in [-0.25, -0.2) is 8.42 Å². The van der Waals surface area contributed by atoms with Crippen molar-refractivity contribution in [1.82, 2.24) is 10.2 Å². The van der Waals surface area contributed by atoms with Gasteiger partial charge in [-0.05, 0) is 12.1 Å². The molecule has 0 bridgehead atoms. The SMILES string of the molecule is CS(=O)(=O)CCNC(=O)CCN1C(=O)c2ccccc2C1=O. The van der Waals surface area contributed by atoms with E-state index in [1.807, 2.05) is 0 Å². The molecule has 1 aliphatic heterocycles. The summed E-state index contributed by atoms with van der Waals surface area (Å²) in [6, 6.07) is 6.49. The van der Waals surface area contributed by atoms with Crippen molar-refractivity contribution >= 4 is 27.6 Å². The van der Waals surface area contributed by atoms with E-state index in [9.17, 15) is 22.8 Å². The molecule has 118 valence electrons. The lowest BCUT2D eigenvalue weighted by atomic mass is 10.1. The van der Waals surface area contributed by atoms with Gasteiger partial charge in [-0.2, -0.15) is 0 Å². The van der Waals surface area contributed by atoms with Crippen molar-refractivity contribution in [2.45, 2.75) is 6.42 Å². The second-order valence-corrected chi connectivity index (χ2v) is 7.30. The highest BCUT2D eigenvalue weighted by Gasteiger charge is 2.34. The van der Waals surface area contributed by atoms with E-state index in [0.717, 1.165) is 11.2 Å². The molecule has 1 aromatic rings. The van der Waals surface area contributed by atoms with Crippen molar-refractivity contribution in [1.29, 1.82) is 0 Å². The number of fused-ring (bicyclic) bond motifs is 1. The number of hydrogen-bond acceptors (Lipinski definition) is 5. The largest absolute Gasteiger partial charge is 0.355 e. The summed E-state index contributed by atoms with van der Waals surface area (Å²) in [5.74, 6) is -1.37. The van der Waals surface area contributed by atoms with Crippen molar-refractivity contribution < 1.29 is 22.8 Å². The standard InChI is InChI=1S/C14H16N2O5S/c1-22(20,21)9-7-15-12(17)6-8-16-13(18)10-4-2-3-5-11(10)14(16)19/h2-5H,6-9H2,1H3,(H,15,17). The lowest BCUT2D eigenvalue weighted by molar-refractivity contribution is -0.121. The van der Waals surface area contributed by atoms with E-state index in [1.165, 1.54) is 0 Å². The average molecular weight is 324 g/mol. The van der Waals surface area contributed by atoms with Crippen LogP contribution in [0.1, 0.15) is 27.1 Å². The van der Waals surface area contributed by atoms with E-state index in [2.05, 4.69) is 5.32 Å². The molecule has 1 aliphatic rings. The fourth-order valence-electron chi connectivity index (χ4n) is 2.12. The number of benzene rings is 1. The quantitative estimate of drug-likeness (QED) is 0.733. The van der Waals surface area contributed by atoms with E-state index in [0.29, 0.717) is 11.1 Å². The summed E-state index contributed by atoms with van der Waals surface area (Å²) in [7, 11) is -3.14. The molecule has 2 rings (SSSR count). The van der Waals surface area contributed by atoms with Gasteiger partial charge < -0.3 is 5.32 Å². The maximum Gasteiger partial charge on any atom is 0.261 e. The van der Waals surface area contributed by atoms with Gasteiger partial charge in [-0.3, -0.25) is 19.3 Å². The number of nitrogens with one attached hydrogen (secondary N) is 1. The molecule has 8 heteroatoms. The fraction of sp³-hybridized carbons (Fsp3) is 0.357. The van der Waals surface area contributed by atoms with Crippen molar-refractivity contribution in [2.24, 2.45) is 0 Å². The molecule has 1 heterocycles. The predicted molar refractivity (Wildman–Crippen MR) is 79.1 cm³/mol. The maximum absolute atomic E-state index is 12.1. The van der Waals surface area contributed by atoms with Crippen LogP contribution in [-0.4, -0.2) is 56.1 Å². The first-order valence-corrected chi connectivity index (χ1v) is 8.75. The number of carbonyl (C=O) groups is 3. The van der Waals surface area contributed by atoms with Gasteiger partial charge in [0.15, 0.2) is 0 Å². The molecule has 0 aliphatic carbocycles. The minimum atomic E-state index is -3.14. The molecule has 1 aromatic carbocycles. The Morgan fingerprint density at radius 2 is 1.68 bits per heavy atom. The Morgan fingerprint density at radius 3 is 2.18 bits per heavy atom. The average Bonchev–Trinajstić information content (AvgIpc) is 2.68. The zero-order valence-corrected chi connectivity index (χ0v) is 12.9. The summed E-state index contributed by atoms with van der Waals surface area (Å²) in [6.45, 7) is -0.0170. The summed E-state index contributed by atoms with van der Waals surface area (Å²) in [4.78, 5) is 36.8. The predicted octanol–water partition coefficient (Wildman–Crippen LogP) is -0.166. The van der Waals surface area contributed by atoms with Crippen LogP contribution in [0.15, 0.2) is 24.3 Å². The van der Waals surface area contributed by atoms with Gasteiger partial charge in [0.2, 0.25) is 5.91 Å². The first-order valence-electron chi connectivity index (χ1n) is 6.69. The number of rotatable bonds is 6. The third kappa shape index (κ3) is 3.70. The number of nitrogens with zero attached hydrogens (tertiary/aromatic N) is 1. The highest BCUT2D eigenvalue weighted by atomic mass is 32.2. The number of sulfone groups is 1. The molecule has 0 aromatic heterocycles. The van der Waals surface area contributed by atoms with E-state index in [4.69, 9.17) is 0 Å². The Kier molecular flexibility index (Phi) is 4.60. The monoisotopic (exact) mass is 324 g/mol. The van der Waals surface area contributed by atoms with Crippen LogP contribution in [0.2, 0.25) is 0 Å². The second-order valence-electron chi connectivity index (χ2n) is 5.04. The van der Waals surface area contributed by atoms with Gasteiger partial charge in [-0.1, -0.05) is 12.1 Å². The molecule has 0 atom stereocenters. The molecule has 0 spiro atoms. The Hall–Kier alpha value is -2.22. The van der Waals surface area contributed by atoms with E-state index in [1.54, 1.807) is 24.3 Å². The van der Waals surface area contributed by atoms with E-state index in [-0.39, 0.29) is 25.3 Å². The van der Waals surface area contributed by atoms with Crippen LogP contribution in [0.25, 0.3) is 0 Å². The zero-order chi connectivity index (χ0) is 16.3. The third-order valence-corrected chi connectivity index (χ3v) is 4.18. The van der Waals surface area contributed by atoms with Crippen molar-refractivity contribution in [3.05, 3.63) is 35.4 Å². The van der Waals surface area contributed by atoms with Gasteiger partial charge in [-0.15, -0.1) is 0 Å². The molecule has 0 radical (unpaired) electrons. The number of imide groups is 1. The zero-order valence-electron chi connectivity index (χ0n) is 12.0. The normalized spacial score (nSPS) is 14.1. The Labute approximate surface area is 128 Å². The topological polar surface area (TPSA) is 101 Å². The van der Waals surface area contributed by atoms with Crippen LogP contribution >= 0.6 is 0 Å². The smallest absolute Gasteiger partial charge is 0.261 e. The lowest BCUT2D eigenvalue weighted by Crippen LogP contribution is -2.35. The van der Waals surface area contributed by atoms with Crippen molar-refractivity contribution in [3.63, 3.8) is 0 Å². The van der Waals surface area contributed by atoms with Gasteiger partial charge in [0.05, 0.1) is 16.9 Å². The van der Waals surface area contributed by atoms with Crippen molar-refractivity contribution in [2.75, 3.05) is 25.1 Å². The number of hydrogen-bond donors (Lipinski definition) is 1. The molecule has 0 saturated carbocycles. The minimum Gasteiger partial charge on any atom is -0.355 e. The van der Waals surface area contributed by atoms with Crippen LogP contribution < -0.4 is 5.32 Å². The maximum atomic E-state index is 12.1. The summed E-state index contributed by atoms with van der Waals surface area (Å²) in [5, 5.41) is 2.45. The molecule has 1 N–H and O–H groups in total. The molecule has 7 nitrogen and oxygen atoms in total. The Morgan fingerprint density at radius 1 is 1.14 bits per heavy atom. The fourth-order valence-corrected chi connectivity index (χ4v) is 2.59. The molecular weight excluding hydrogens is 308 g/mol. The molecule has 0 saturated heterocycles. The van der Waals surface area contributed by atoms with Crippen molar-refractivity contribution in [3.8, 4) is 0 Å². The summed E-state index contributed by atoms with van der Waals surface area (Å²) >= 11 is 0. The number of amides is 3. The summed E-state index contributed by atoms with van der Waals surface area (Å²) in [5.41, 5.74) is 0.676. The van der Waals surface area contributed by atoms with E-state index >= 15 is 0 Å². The molecule has 0 unspecified atom stereocenters. The van der Waals surface area contributed by atoms with Crippen LogP contribution in [0.5, 0.6) is 0 Å². The van der Waals surface area contributed by atoms with Crippen LogP contribution in [-0.2, 0) is 14.6 Å². The molecule has 0 fully saturated rings. The van der Waals surface area contributed by atoms with Gasteiger partial charge >= 0.3 is 0 Å².